The minimum absolute atomic E-state index is 0.383. The van der Waals surface area contributed by atoms with Crippen molar-refractivity contribution in [3.8, 4) is 0 Å². The molecule has 4 rings (SSSR count). The van der Waals surface area contributed by atoms with Crippen molar-refractivity contribution >= 4 is 0 Å². The summed E-state index contributed by atoms with van der Waals surface area (Å²) >= 11 is 0. The highest BCUT2D eigenvalue weighted by atomic mass is 16.5. The summed E-state index contributed by atoms with van der Waals surface area (Å²) in [5.74, 6) is 0.709. The van der Waals surface area contributed by atoms with Gasteiger partial charge in [0, 0.05) is 12.8 Å². The summed E-state index contributed by atoms with van der Waals surface area (Å²) in [6.45, 7) is 1.01. The third-order valence-corrected chi connectivity index (χ3v) is 6.94. The topological polar surface area (TPSA) is 96.1 Å². The molecule has 0 saturated carbocycles. The summed E-state index contributed by atoms with van der Waals surface area (Å²) in [6, 6.07) is 19.8. The standard InChI is InChI=1S/C30H38N4O4/c35-29-33(23-25-17-11-9-12-18-25)27(31-37-29)21-15-7-5-3-1-2-4-6-8-16-22-28-32-38-30(36)34(28)24-26-19-13-10-14-20-26/h9-14,17-20H,1-8,15-16,21-24H2. The molecule has 8 nitrogen and oxygen atoms in total. The molecule has 0 aliphatic carbocycles. The summed E-state index contributed by atoms with van der Waals surface area (Å²) in [5.41, 5.74) is 2.14. The second kappa shape index (κ2) is 14.9. The highest BCUT2D eigenvalue weighted by Gasteiger charge is 2.12. The van der Waals surface area contributed by atoms with Crippen molar-refractivity contribution in [3.05, 3.63) is 105 Å². The van der Waals surface area contributed by atoms with Crippen molar-refractivity contribution in [2.75, 3.05) is 0 Å². The maximum absolute atomic E-state index is 12.0. The van der Waals surface area contributed by atoms with Crippen LogP contribution < -0.4 is 11.5 Å². The zero-order valence-corrected chi connectivity index (χ0v) is 22.1. The minimum atomic E-state index is -0.383. The Morgan fingerprint density at radius 3 is 1.21 bits per heavy atom. The lowest BCUT2D eigenvalue weighted by Gasteiger charge is -2.06. The molecule has 0 bridgehead atoms. The van der Waals surface area contributed by atoms with Gasteiger partial charge >= 0.3 is 11.5 Å². The lowest BCUT2D eigenvalue weighted by atomic mass is 10.0. The van der Waals surface area contributed by atoms with E-state index in [1.54, 1.807) is 9.13 Å². The van der Waals surface area contributed by atoms with Crippen molar-refractivity contribution < 1.29 is 9.05 Å². The maximum atomic E-state index is 12.0. The van der Waals surface area contributed by atoms with Crippen LogP contribution in [0.3, 0.4) is 0 Å². The van der Waals surface area contributed by atoms with Crippen molar-refractivity contribution in [1.82, 2.24) is 19.4 Å². The van der Waals surface area contributed by atoms with Crippen molar-refractivity contribution in [2.24, 2.45) is 0 Å². The molecule has 2 aromatic heterocycles. The van der Waals surface area contributed by atoms with E-state index in [0.29, 0.717) is 13.1 Å². The Balaban J connectivity index is 1.03. The number of aromatic nitrogens is 4. The molecule has 0 atom stereocenters. The van der Waals surface area contributed by atoms with Crippen LogP contribution in [0.4, 0.5) is 0 Å². The number of benzene rings is 2. The van der Waals surface area contributed by atoms with Gasteiger partial charge in [0.15, 0.2) is 11.6 Å². The molecule has 0 saturated heterocycles. The first-order chi connectivity index (χ1) is 18.7. The zero-order valence-electron chi connectivity index (χ0n) is 22.1. The van der Waals surface area contributed by atoms with Gasteiger partial charge in [0.1, 0.15) is 0 Å². The predicted octanol–water partition coefficient (Wildman–Crippen LogP) is 5.77. The van der Waals surface area contributed by atoms with Gasteiger partial charge in [-0.1, -0.05) is 122 Å². The van der Waals surface area contributed by atoms with Crippen LogP contribution in [0, 0.1) is 0 Å². The fraction of sp³-hybridized carbons (Fsp3) is 0.467. The largest absolute Gasteiger partial charge is 0.441 e. The van der Waals surface area contributed by atoms with Gasteiger partial charge < -0.3 is 0 Å². The summed E-state index contributed by atoms with van der Waals surface area (Å²) in [6.07, 6.45) is 13.2. The molecule has 202 valence electrons. The van der Waals surface area contributed by atoms with E-state index in [0.717, 1.165) is 61.3 Å². The first kappa shape index (κ1) is 27.4. The summed E-state index contributed by atoms with van der Waals surface area (Å²) in [5, 5.41) is 7.98. The van der Waals surface area contributed by atoms with Crippen LogP contribution in [-0.4, -0.2) is 19.4 Å². The van der Waals surface area contributed by atoms with Gasteiger partial charge in [0.05, 0.1) is 13.1 Å². The molecule has 0 N–H and O–H groups in total. The third-order valence-electron chi connectivity index (χ3n) is 6.94. The number of hydrogen-bond acceptors (Lipinski definition) is 6. The fourth-order valence-corrected chi connectivity index (χ4v) is 4.78. The number of rotatable bonds is 17. The second-order valence-corrected chi connectivity index (χ2v) is 9.91. The maximum Gasteiger partial charge on any atom is 0.441 e. The van der Waals surface area contributed by atoms with E-state index in [2.05, 4.69) is 10.3 Å². The van der Waals surface area contributed by atoms with Crippen LogP contribution in [0.15, 0.2) is 79.3 Å². The highest BCUT2D eigenvalue weighted by Crippen LogP contribution is 2.14. The molecular weight excluding hydrogens is 480 g/mol. The highest BCUT2D eigenvalue weighted by molar-refractivity contribution is 5.16. The predicted molar refractivity (Wildman–Crippen MR) is 146 cm³/mol. The van der Waals surface area contributed by atoms with Gasteiger partial charge in [-0.3, -0.25) is 18.2 Å². The Morgan fingerprint density at radius 1 is 0.500 bits per heavy atom. The normalized spacial score (nSPS) is 11.3. The average Bonchev–Trinajstić information content (AvgIpc) is 3.47. The molecule has 0 radical (unpaired) electrons. The molecule has 0 unspecified atom stereocenters. The lowest BCUT2D eigenvalue weighted by Crippen LogP contribution is -2.18. The van der Waals surface area contributed by atoms with Crippen LogP contribution in [0.25, 0.3) is 0 Å². The van der Waals surface area contributed by atoms with Crippen LogP contribution in [0.1, 0.15) is 87.0 Å². The molecule has 0 aliphatic rings. The van der Waals surface area contributed by atoms with Crippen molar-refractivity contribution in [1.29, 1.82) is 0 Å². The Bertz CT molecular complexity index is 1220. The van der Waals surface area contributed by atoms with Gasteiger partial charge in [-0.15, -0.1) is 0 Å². The number of aryl methyl sites for hydroxylation is 2. The van der Waals surface area contributed by atoms with Crippen molar-refractivity contribution in [3.63, 3.8) is 0 Å². The Labute approximate surface area is 223 Å². The Hall–Kier alpha value is -3.68. The SMILES string of the molecule is O=c1onc(CCCCCCCCCCCCc2noc(=O)n2Cc2ccccc2)n1Cc1ccccc1. The quantitative estimate of drug-likeness (QED) is 0.165. The second-order valence-electron chi connectivity index (χ2n) is 9.91. The first-order valence-corrected chi connectivity index (χ1v) is 13.9. The van der Waals surface area contributed by atoms with E-state index in [4.69, 9.17) is 9.05 Å². The van der Waals surface area contributed by atoms with E-state index in [1.807, 2.05) is 60.7 Å². The molecule has 4 aromatic rings. The van der Waals surface area contributed by atoms with Crippen LogP contribution >= 0.6 is 0 Å². The van der Waals surface area contributed by atoms with Gasteiger partial charge in [0.2, 0.25) is 0 Å². The van der Waals surface area contributed by atoms with Gasteiger partial charge in [-0.05, 0) is 24.0 Å². The van der Waals surface area contributed by atoms with Gasteiger partial charge in [-0.2, -0.15) is 0 Å². The van der Waals surface area contributed by atoms with Crippen molar-refractivity contribution in [2.45, 2.75) is 90.1 Å². The molecule has 2 heterocycles. The van der Waals surface area contributed by atoms with E-state index in [-0.39, 0.29) is 11.5 Å². The minimum Gasteiger partial charge on any atom is -0.296 e. The van der Waals surface area contributed by atoms with Crippen LogP contribution in [-0.2, 0) is 25.9 Å². The van der Waals surface area contributed by atoms with E-state index in [9.17, 15) is 9.59 Å². The zero-order chi connectivity index (χ0) is 26.4. The van der Waals surface area contributed by atoms with Crippen LogP contribution in [0.5, 0.6) is 0 Å². The smallest absolute Gasteiger partial charge is 0.296 e. The molecular formula is C30H38N4O4. The Kier molecular flexibility index (Phi) is 10.7. The summed E-state index contributed by atoms with van der Waals surface area (Å²) in [4.78, 5) is 24.0. The molecule has 0 spiro atoms. The lowest BCUT2D eigenvalue weighted by molar-refractivity contribution is 0.374. The summed E-state index contributed by atoms with van der Waals surface area (Å²) in [7, 11) is 0. The molecule has 0 aliphatic heterocycles. The van der Waals surface area contributed by atoms with Crippen LogP contribution in [0.2, 0.25) is 0 Å². The molecule has 8 heteroatoms. The summed E-state index contributed by atoms with van der Waals surface area (Å²) < 4.78 is 13.1. The monoisotopic (exact) mass is 518 g/mol. The Morgan fingerprint density at radius 2 is 0.842 bits per heavy atom. The van der Waals surface area contributed by atoms with E-state index in [1.165, 1.54) is 38.5 Å². The molecule has 38 heavy (non-hydrogen) atoms. The van der Waals surface area contributed by atoms with Gasteiger partial charge in [-0.25, -0.2) is 9.59 Å². The van der Waals surface area contributed by atoms with E-state index < -0.39 is 0 Å². The first-order valence-electron chi connectivity index (χ1n) is 13.9. The fourth-order valence-electron chi connectivity index (χ4n) is 4.78. The number of unbranched alkanes of at least 4 members (excludes halogenated alkanes) is 9. The molecule has 2 aromatic carbocycles. The molecule has 0 fully saturated rings. The number of hydrogen-bond donors (Lipinski definition) is 0. The third kappa shape index (κ3) is 8.43. The van der Waals surface area contributed by atoms with Gasteiger partial charge in [0.25, 0.3) is 0 Å². The number of nitrogens with zero attached hydrogens (tertiary/aromatic N) is 4. The molecule has 0 amide bonds. The average molecular weight is 519 g/mol. The van der Waals surface area contributed by atoms with E-state index >= 15 is 0 Å².